The van der Waals surface area contributed by atoms with Crippen molar-refractivity contribution in [3.63, 3.8) is 0 Å². The van der Waals surface area contributed by atoms with Crippen LogP contribution >= 0.6 is 0 Å². The summed E-state index contributed by atoms with van der Waals surface area (Å²) in [5, 5.41) is 1.23. The minimum absolute atomic E-state index is 0.407. The summed E-state index contributed by atoms with van der Waals surface area (Å²) in [5.74, 6) is 1.44. The molecule has 2 atom stereocenters. The molecule has 5 heteroatoms. The number of fused-ring (bicyclic) bond motifs is 1. The van der Waals surface area contributed by atoms with Crippen LogP contribution < -0.4 is 4.90 Å². The van der Waals surface area contributed by atoms with Crippen molar-refractivity contribution in [2.24, 2.45) is 11.8 Å². The van der Waals surface area contributed by atoms with Crippen LogP contribution in [-0.2, 0) is 4.79 Å². The molecular formula is C24H34N4O. The highest BCUT2D eigenvalue weighted by Gasteiger charge is 2.28. The van der Waals surface area contributed by atoms with E-state index < -0.39 is 0 Å². The van der Waals surface area contributed by atoms with Crippen molar-refractivity contribution in [2.75, 3.05) is 57.8 Å². The number of benzene rings is 1. The Kier molecular flexibility index (Phi) is 6.16. The van der Waals surface area contributed by atoms with Gasteiger partial charge in [-0.15, -0.1) is 0 Å². The fourth-order valence-electron chi connectivity index (χ4n) is 5.04. The van der Waals surface area contributed by atoms with Crippen molar-refractivity contribution >= 4 is 22.4 Å². The monoisotopic (exact) mass is 394 g/mol. The van der Waals surface area contributed by atoms with Crippen LogP contribution in [0.25, 0.3) is 10.9 Å². The summed E-state index contributed by atoms with van der Waals surface area (Å²) in [6, 6.07) is 8.62. The first-order valence-electron chi connectivity index (χ1n) is 11.0. The van der Waals surface area contributed by atoms with Gasteiger partial charge in [0.05, 0.1) is 12.1 Å². The number of Topliss-reactive ketones (excluding diaryl/α,β-unsaturated/α-hetero) is 1. The number of ketones is 1. The molecule has 0 saturated carbocycles. The van der Waals surface area contributed by atoms with Gasteiger partial charge in [-0.2, -0.15) is 0 Å². The molecule has 0 radical (unpaired) electrons. The lowest BCUT2D eigenvalue weighted by atomic mass is 9.86. The van der Waals surface area contributed by atoms with Gasteiger partial charge in [-0.1, -0.05) is 13.0 Å². The minimum atomic E-state index is 0.407. The van der Waals surface area contributed by atoms with Gasteiger partial charge in [0.25, 0.3) is 0 Å². The lowest BCUT2D eigenvalue weighted by molar-refractivity contribution is -0.121. The molecular weight excluding hydrogens is 360 g/mol. The Bertz CT molecular complexity index is 859. The van der Waals surface area contributed by atoms with Gasteiger partial charge >= 0.3 is 0 Å². The number of hydrogen-bond donors (Lipinski definition) is 0. The van der Waals surface area contributed by atoms with Crippen LogP contribution in [0.15, 0.2) is 30.5 Å². The summed E-state index contributed by atoms with van der Waals surface area (Å²) in [6.45, 7) is 11.2. The molecule has 2 fully saturated rings. The number of nitrogens with zero attached hydrogens (tertiary/aromatic N) is 4. The number of likely N-dealkylation sites (N-methyl/N-ethyl adjacent to an activating group) is 1. The molecule has 29 heavy (non-hydrogen) atoms. The average Bonchev–Trinajstić information content (AvgIpc) is 2.70. The molecule has 0 aliphatic carbocycles. The fourth-order valence-corrected chi connectivity index (χ4v) is 5.04. The highest BCUT2D eigenvalue weighted by molar-refractivity contribution is 5.93. The van der Waals surface area contributed by atoms with Crippen LogP contribution in [0, 0.1) is 18.8 Å². The molecule has 2 aliphatic rings. The molecule has 5 nitrogen and oxygen atoms in total. The predicted octanol–water partition coefficient (Wildman–Crippen LogP) is 3.21. The molecule has 2 saturated heterocycles. The number of aryl methyl sites for hydroxylation is 1. The van der Waals surface area contributed by atoms with Crippen LogP contribution in [0.4, 0.5) is 5.69 Å². The van der Waals surface area contributed by atoms with Gasteiger partial charge in [0, 0.05) is 63.0 Å². The van der Waals surface area contributed by atoms with E-state index in [1.54, 1.807) is 0 Å². The maximum absolute atomic E-state index is 12.8. The maximum Gasteiger partial charge on any atom is 0.147 e. The maximum atomic E-state index is 12.8. The largest absolute Gasteiger partial charge is 0.370 e. The van der Waals surface area contributed by atoms with Crippen LogP contribution in [0.5, 0.6) is 0 Å². The summed E-state index contributed by atoms with van der Waals surface area (Å²) in [4.78, 5) is 24.5. The Hall–Kier alpha value is -1.98. The number of carbonyl (C=O) groups is 1. The standard InChI is InChI=1S/C24H34N4O/c1-18-13-20(14-21(29)17-27-11-9-26(3)10-12-27)16-28(15-18)23-7-6-19(2)24-22(23)5-4-8-25-24/h4-8,18,20H,9-17H2,1-3H3/t18-,20-/m0/s1. The van der Waals surface area contributed by atoms with Gasteiger partial charge < -0.3 is 9.80 Å². The minimum Gasteiger partial charge on any atom is -0.370 e. The van der Waals surface area contributed by atoms with Gasteiger partial charge in [0.1, 0.15) is 5.78 Å². The Morgan fingerprint density at radius 2 is 1.93 bits per heavy atom. The molecule has 2 aliphatic heterocycles. The Morgan fingerprint density at radius 3 is 2.72 bits per heavy atom. The van der Waals surface area contributed by atoms with Gasteiger partial charge in [0.2, 0.25) is 0 Å². The summed E-state index contributed by atoms with van der Waals surface area (Å²) in [5.41, 5.74) is 3.57. The number of rotatable bonds is 5. The smallest absolute Gasteiger partial charge is 0.147 e. The zero-order valence-electron chi connectivity index (χ0n) is 18.1. The van der Waals surface area contributed by atoms with E-state index in [9.17, 15) is 4.79 Å². The SMILES string of the molecule is Cc1ccc(N2C[C@@H](C)C[C@@H](CC(=O)CN3CCN(C)CC3)C2)c2cccnc12. The molecule has 0 amide bonds. The van der Waals surface area contributed by atoms with Crippen molar-refractivity contribution in [1.82, 2.24) is 14.8 Å². The first-order valence-corrected chi connectivity index (χ1v) is 11.0. The topological polar surface area (TPSA) is 39.7 Å². The summed E-state index contributed by atoms with van der Waals surface area (Å²) in [7, 11) is 2.15. The normalized spacial score (nSPS) is 24.2. The third-order valence-corrected chi connectivity index (χ3v) is 6.55. The summed E-state index contributed by atoms with van der Waals surface area (Å²) < 4.78 is 0. The van der Waals surface area contributed by atoms with E-state index in [1.807, 2.05) is 12.3 Å². The van der Waals surface area contributed by atoms with Crippen LogP contribution in [0.2, 0.25) is 0 Å². The molecule has 3 heterocycles. The van der Waals surface area contributed by atoms with Crippen LogP contribution in [0.1, 0.15) is 25.3 Å². The van der Waals surface area contributed by atoms with E-state index in [4.69, 9.17) is 0 Å². The summed E-state index contributed by atoms with van der Waals surface area (Å²) in [6.07, 6.45) is 3.72. The number of aromatic nitrogens is 1. The second-order valence-corrected chi connectivity index (χ2v) is 9.24. The quantitative estimate of drug-likeness (QED) is 0.779. The van der Waals surface area contributed by atoms with E-state index in [0.717, 1.165) is 51.2 Å². The highest BCUT2D eigenvalue weighted by atomic mass is 16.1. The van der Waals surface area contributed by atoms with E-state index in [2.05, 4.69) is 58.8 Å². The van der Waals surface area contributed by atoms with Gasteiger partial charge in [-0.05, 0) is 56.0 Å². The average molecular weight is 395 g/mol. The first kappa shape index (κ1) is 20.3. The predicted molar refractivity (Wildman–Crippen MR) is 120 cm³/mol. The van der Waals surface area contributed by atoms with Crippen molar-refractivity contribution in [1.29, 1.82) is 0 Å². The van der Waals surface area contributed by atoms with Crippen LogP contribution in [-0.4, -0.2) is 73.4 Å². The summed E-state index contributed by atoms with van der Waals surface area (Å²) >= 11 is 0. The molecule has 0 unspecified atom stereocenters. The third-order valence-electron chi connectivity index (χ3n) is 6.55. The number of piperazine rings is 1. The molecule has 1 aromatic heterocycles. The molecule has 156 valence electrons. The van der Waals surface area contributed by atoms with E-state index in [0.29, 0.717) is 30.6 Å². The van der Waals surface area contributed by atoms with Crippen molar-refractivity contribution < 1.29 is 4.79 Å². The van der Waals surface area contributed by atoms with Gasteiger partial charge in [0.15, 0.2) is 0 Å². The highest BCUT2D eigenvalue weighted by Crippen LogP contribution is 2.33. The third kappa shape index (κ3) is 4.78. The van der Waals surface area contributed by atoms with E-state index >= 15 is 0 Å². The van der Waals surface area contributed by atoms with E-state index in [1.165, 1.54) is 16.6 Å². The Morgan fingerprint density at radius 1 is 1.14 bits per heavy atom. The number of pyridine rings is 1. The molecule has 2 aromatic rings. The Balaban J connectivity index is 1.43. The van der Waals surface area contributed by atoms with Crippen molar-refractivity contribution in [2.45, 2.75) is 26.7 Å². The van der Waals surface area contributed by atoms with Crippen molar-refractivity contribution in [3.05, 3.63) is 36.0 Å². The molecule has 4 rings (SSSR count). The first-order chi connectivity index (χ1) is 14.0. The zero-order valence-corrected chi connectivity index (χ0v) is 18.1. The second kappa shape index (κ2) is 8.80. The number of hydrogen-bond acceptors (Lipinski definition) is 5. The van der Waals surface area contributed by atoms with Crippen LogP contribution in [0.3, 0.4) is 0 Å². The van der Waals surface area contributed by atoms with Crippen molar-refractivity contribution in [3.8, 4) is 0 Å². The number of anilines is 1. The fraction of sp³-hybridized carbons (Fsp3) is 0.583. The van der Waals surface area contributed by atoms with E-state index in [-0.39, 0.29) is 0 Å². The zero-order chi connectivity index (χ0) is 20.4. The molecule has 1 aromatic carbocycles. The molecule has 0 spiro atoms. The molecule has 0 bridgehead atoms. The van der Waals surface area contributed by atoms with Gasteiger partial charge in [-0.25, -0.2) is 0 Å². The number of piperidine rings is 1. The second-order valence-electron chi connectivity index (χ2n) is 9.24. The lowest BCUT2D eigenvalue weighted by Crippen LogP contribution is -2.47. The molecule has 0 N–H and O–H groups in total. The Labute approximate surface area is 174 Å². The lowest BCUT2D eigenvalue weighted by Gasteiger charge is -2.39. The van der Waals surface area contributed by atoms with Gasteiger partial charge in [-0.3, -0.25) is 14.7 Å². The number of carbonyl (C=O) groups excluding carboxylic acids is 1.